The molecule has 1 fully saturated rings. The molecule has 1 saturated carbocycles. The number of H-pyrrole nitrogens is 1. The lowest BCUT2D eigenvalue weighted by Gasteiger charge is -2.27. The van der Waals surface area contributed by atoms with Crippen molar-refractivity contribution in [3.8, 4) is 5.69 Å². The molecule has 0 radical (unpaired) electrons. The van der Waals surface area contributed by atoms with Crippen LogP contribution in [0.5, 0.6) is 0 Å². The van der Waals surface area contributed by atoms with E-state index < -0.39 is 5.43 Å². The van der Waals surface area contributed by atoms with Gasteiger partial charge >= 0.3 is 0 Å². The van der Waals surface area contributed by atoms with Crippen LogP contribution < -0.4 is 11.0 Å². The molecule has 0 amide bonds. The van der Waals surface area contributed by atoms with E-state index in [-0.39, 0.29) is 22.4 Å². The van der Waals surface area contributed by atoms with E-state index in [1.54, 1.807) is 47.4 Å². The van der Waals surface area contributed by atoms with E-state index in [2.05, 4.69) is 15.0 Å². The number of nitrogens with one attached hydrogen (secondary N) is 1. The topological polar surface area (TPSA) is 93.5 Å². The molecule has 26 heavy (non-hydrogen) atoms. The number of fused-ring (bicyclic) bond motifs is 2. The average molecular weight is 345 g/mol. The second-order valence-electron chi connectivity index (χ2n) is 6.52. The van der Waals surface area contributed by atoms with Crippen molar-refractivity contribution in [3.05, 3.63) is 69.3 Å². The van der Waals surface area contributed by atoms with Crippen LogP contribution >= 0.6 is 0 Å². The number of pyridine rings is 3. The molecular formula is C19H15N5O2. The van der Waals surface area contributed by atoms with Crippen LogP contribution in [0.3, 0.4) is 0 Å². The van der Waals surface area contributed by atoms with Gasteiger partial charge in [0.05, 0.1) is 11.2 Å². The fourth-order valence-electron chi connectivity index (χ4n) is 3.45. The summed E-state index contributed by atoms with van der Waals surface area (Å²) in [7, 11) is 0. The highest BCUT2D eigenvalue weighted by atomic mass is 16.1. The van der Waals surface area contributed by atoms with Gasteiger partial charge in [-0.25, -0.2) is 4.98 Å². The van der Waals surface area contributed by atoms with E-state index in [9.17, 15) is 9.59 Å². The molecule has 4 aromatic heterocycles. The van der Waals surface area contributed by atoms with E-state index in [1.165, 1.54) is 0 Å². The molecule has 4 heterocycles. The molecule has 1 N–H and O–H groups in total. The molecule has 1 aliphatic rings. The number of hydrogen-bond acceptors (Lipinski definition) is 5. The number of hydrogen-bond donors (Lipinski definition) is 1. The summed E-state index contributed by atoms with van der Waals surface area (Å²) >= 11 is 0. The molecule has 0 atom stereocenters. The summed E-state index contributed by atoms with van der Waals surface area (Å²) in [5, 5.41) is 0.0380. The predicted molar refractivity (Wildman–Crippen MR) is 97.6 cm³/mol. The number of aromatic amines is 1. The molecule has 4 aromatic rings. The van der Waals surface area contributed by atoms with Crippen LogP contribution in [0.4, 0.5) is 0 Å². The third-order valence-electron chi connectivity index (χ3n) is 5.00. The van der Waals surface area contributed by atoms with Crippen molar-refractivity contribution in [1.29, 1.82) is 0 Å². The Balaban J connectivity index is 1.94. The molecule has 0 spiro atoms. The van der Waals surface area contributed by atoms with Gasteiger partial charge in [-0.05, 0) is 37.1 Å². The zero-order chi connectivity index (χ0) is 17.7. The second-order valence-corrected chi connectivity index (χ2v) is 6.52. The van der Waals surface area contributed by atoms with Crippen molar-refractivity contribution in [1.82, 2.24) is 24.5 Å². The quantitative estimate of drug-likeness (QED) is 0.563. The predicted octanol–water partition coefficient (Wildman–Crippen LogP) is 2.28. The molecular weight excluding hydrogens is 330 g/mol. The molecule has 1 aliphatic carbocycles. The Morgan fingerprint density at radius 2 is 1.88 bits per heavy atom. The van der Waals surface area contributed by atoms with Crippen molar-refractivity contribution < 1.29 is 0 Å². The Bertz CT molecular complexity index is 1260. The van der Waals surface area contributed by atoms with Crippen LogP contribution in [0.15, 0.2) is 52.4 Å². The summed E-state index contributed by atoms with van der Waals surface area (Å²) in [6.07, 6.45) is 7.89. The summed E-state index contributed by atoms with van der Waals surface area (Å²) in [4.78, 5) is 42.2. The third-order valence-corrected chi connectivity index (χ3v) is 5.00. The van der Waals surface area contributed by atoms with Crippen LogP contribution in [0, 0.1) is 0 Å². The summed E-state index contributed by atoms with van der Waals surface area (Å²) in [6.45, 7) is 0. The minimum atomic E-state index is -0.394. The van der Waals surface area contributed by atoms with Gasteiger partial charge in [-0.15, -0.1) is 0 Å². The van der Waals surface area contributed by atoms with E-state index in [0.717, 1.165) is 19.3 Å². The van der Waals surface area contributed by atoms with Gasteiger partial charge in [-0.3, -0.25) is 24.1 Å². The molecule has 0 saturated heterocycles. The summed E-state index contributed by atoms with van der Waals surface area (Å²) < 4.78 is 1.55. The van der Waals surface area contributed by atoms with Crippen molar-refractivity contribution in [2.45, 2.75) is 25.2 Å². The zero-order valence-electron chi connectivity index (χ0n) is 13.8. The average Bonchev–Trinajstić information content (AvgIpc) is 2.61. The molecule has 128 valence electrons. The van der Waals surface area contributed by atoms with Gasteiger partial charge in [0.25, 0.3) is 5.56 Å². The number of nitrogens with zero attached hydrogens (tertiary/aromatic N) is 4. The van der Waals surface area contributed by atoms with E-state index in [1.807, 2.05) is 0 Å². The second kappa shape index (κ2) is 5.59. The van der Waals surface area contributed by atoms with Crippen LogP contribution in [0.1, 0.15) is 31.0 Å². The molecule has 7 heteroatoms. The largest absolute Gasteiger partial charge is 0.337 e. The van der Waals surface area contributed by atoms with E-state index >= 15 is 0 Å². The van der Waals surface area contributed by atoms with Crippen LogP contribution in [-0.4, -0.2) is 24.5 Å². The third kappa shape index (κ3) is 2.10. The van der Waals surface area contributed by atoms with Crippen LogP contribution in [-0.2, 0) is 0 Å². The molecule has 7 nitrogen and oxygen atoms in total. The Morgan fingerprint density at radius 3 is 2.62 bits per heavy atom. The smallest absolute Gasteiger partial charge is 0.271 e. The van der Waals surface area contributed by atoms with E-state index in [4.69, 9.17) is 4.98 Å². The van der Waals surface area contributed by atoms with Gasteiger partial charge in [-0.1, -0.05) is 6.42 Å². The van der Waals surface area contributed by atoms with Gasteiger partial charge in [0.1, 0.15) is 22.4 Å². The van der Waals surface area contributed by atoms with Crippen LogP contribution in [0.25, 0.3) is 27.8 Å². The molecule has 0 aliphatic heterocycles. The van der Waals surface area contributed by atoms with Gasteiger partial charge in [0.2, 0.25) is 5.43 Å². The summed E-state index contributed by atoms with van der Waals surface area (Å²) in [6, 6.07) is 7.02. The van der Waals surface area contributed by atoms with Crippen molar-refractivity contribution in [2.24, 2.45) is 0 Å². The van der Waals surface area contributed by atoms with Gasteiger partial charge in [0, 0.05) is 24.5 Å². The maximum Gasteiger partial charge on any atom is 0.271 e. The molecule has 0 bridgehead atoms. The highest BCUT2D eigenvalue weighted by molar-refractivity contribution is 5.88. The summed E-state index contributed by atoms with van der Waals surface area (Å²) in [5.41, 5.74) is 1.07. The Hall–Kier alpha value is -3.35. The highest BCUT2D eigenvalue weighted by Gasteiger charge is 2.27. The first kappa shape index (κ1) is 14.9. The monoisotopic (exact) mass is 345 g/mol. The lowest BCUT2D eigenvalue weighted by molar-refractivity contribution is 0.394. The van der Waals surface area contributed by atoms with Gasteiger partial charge < -0.3 is 4.98 Å². The molecule has 5 rings (SSSR count). The lowest BCUT2D eigenvalue weighted by atomic mass is 9.84. The Labute approximate surface area is 147 Å². The fraction of sp³-hybridized carbons (Fsp3) is 0.211. The van der Waals surface area contributed by atoms with Crippen molar-refractivity contribution in [3.63, 3.8) is 0 Å². The first-order valence-corrected chi connectivity index (χ1v) is 8.58. The SMILES string of the molecule is O=c1c2ncccc2[nH]c2nc(C3CCC3)n(-c3ccncc3)c(=O)c12. The fourth-order valence-corrected chi connectivity index (χ4v) is 3.45. The highest BCUT2D eigenvalue weighted by Crippen LogP contribution is 2.35. The number of aromatic nitrogens is 5. The lowest BCUT2D eigenvalue weighted by Crippen LogP contribution is -2.31. The van der Waals surface area contributed by atoms with E-state index in [0.29, 0.717) is 22.7 Å². The maximum atomic E-state index is 13.3. The number of rotatable bonds is 2. The first-order valence-electron chi connectivity index (χ1n) is 8.58. The first-order chi connectivity index (χ1) is 12.7. The summed E-state index contributed by atoms with van der Waals surface area (Å²) in [5.74, 6) is 0.909. The van der Waals surface area contributed by atoms with Crippen LogP contribution in [0.2, 0.25) is 0 Å². The molecule has 0 unspecified atom stereocenters. The zero-order valence-corrected chi connectivity index (χ0v) is 13.8. The minimum absolute atomic E-state index is 0.0380. The Kier molecular flexibility index (Phi) is 3.21. The standard InChI is InChI=1S/C19H15N5O2/c25-16-14-17(22-13-5-2-8-21-15(13)16)23-18(11-3-1-4-11)24(19(14)26)12-6-9-20-10-7-12/h2,5-11H,1,3-4H2,(H,22,25). The van der Waals surface area contributed by atoms with Gasteiger partial charge in [-0.2, -0.15) is 0 Å². The van der Waals surface area contributed by atoms with Crippen molar-refractivity contribution >= 4 is 22.1 Å². The molecule has 0 aromatic carbocycles. The normalized spacial score (nSPS) is 14.6. The minimum Gasteiger partial charge on any atom is -0.337 e. The maximum absolute atomic E-state index is 13.3. The van der Waals surface area contributed by atoms with Crippen molar-refractivity contribution in [2.75, 3.05) is 0 Å². The van der Waals surface area contributed by atoms with Gasteiger partial charge in [0.15, 0.2) is 0 Å². The Morgan fingerprint density at radius 1 is 1.08 bits per heavy atom.